The fraction of sp³-hybridized carbons (Fsp3) is 0.125. The van der Waals surface area contributed by atoms with Crippen LogP contribution in [0.1, 0.15) is 21.5 Å². The summed E-state index contributed by atoms with van der Waals surface area (Å²) in [7, 11) is 0. The number of fused-ring (bicyclic) bond motifs is 1. The van der Waals surface area contributed by atoms with Crippen molar-refractivity contribution in [3.05, 3.63) is 61.6 Å². The minimum absolute atomic E-state index is 0.0382. The van der Waals surface area contributed by atoms with Crippen LogP contribution < -0.4 is 0 Å². The maximum absolute atomic E-state index is 14.2. The number of carboxylic acid groups (broad SMARTS) is 1. The second-order valence-electron chi connectivity index (χ2n) is 5.37. The fourth-order valence-electron chi connectivity index (χ4n) is 2.59. The maximum Gasteiger partial charge on any atom is 0.416 e. The van der Waals surface area contributed by atoms with Crippen LogP contribution in [0, 0.1) is 9.52 Å². The van der Waals surface area contributed by atoms with Crippen LogP contribution in [0.4, 0.5) is 17.6 Å². The van der Waals surface area contributed by atoms with Crippen molar-refractivity contribution in [3.8, 4) is 0 Å². The quantitative estimate of drug-likeness (QED) is 0.399. The van der Waals surface area contributed by atoms with Gasteiger partial charge in [0.1, 0.15) is 9.52 Å². The molecule has 1 aromatic heterocycles. The molecule has 3 rings (SSSR count). The van der Waals surface area contributed by atoms with Gasteiger partial charge in [-0.15, -0.1) is 0 Å². The summed E-state index contributed by atoms with van der Waals surface area (Å²) in [6.07, 6.45) is -4.63. The van der Waals surface area contributed by atoms with Gasteiger partial charge in [-0.05, 0) is 46.9 Å². The normalized spacial score (nSPS) is 11.9. The summed E-state index contributed by atoms with van der Waals surface area (Å²) >= 11 is 7.68. The van der Waals surface area contributed by atoms with Crippen LogP contribution in [0.3, 0.4) is 0 Å². The van der Waals surface area contributed by atoms with E-state index in [0.717, 1.165) is 16.8 Å². The van der Waals surface area contributed by atoms with Crippen molar-refractivity contribution in [2.24, 2.45) is 0 Å². The van der Waals surface area contributed by atoms with Gasteiger partial charge in [0, 0.05) is 10.6 Å². The molecule has 26 heavy (non-hydrogen) atoms. The van der Waals surface area contributed by atoms with E-state index >= 15 is 0 Å². The zero-order valence-electron chi connectivity index (χ0n) is 12.6. The first-order chi connectivity index (χ1) is 12.1. The first kappa shape index (κ1) is 18.9. The second-order valence-corrected chi connectivity index (χ2v) is 6.80. The zero-order valence-corrected chi connectivity index (χ0v) is 15.5. The molecular formula is C16H8ClF4IN2O2. The van der Waals surface area contributed by atoms with Gasteiger partial charge in [0.25, 0.3) is 0 Å². The van der Waals surface area contributed by atoms with E-state index in [0.29, 0.717) is 0 Å². The number of carbonyl (C=O) groups is 1. The number of aromatic nitrogens is 2. The number of hydrogen-bond donors (Lipinski definition) is 1. The Bertz CT molecular complexity index is 1030. The van der Waals surface area contributed by atoms with Gasteiger partial charge in [0.05, 0.1) is 28.6 Å². The zero-order chi connectivity index (χ0) is 19.2. The number of benzene rings is 2. The molecule has 0 bridgehead atoms. The Labute approximate surface area is 162 Å². The molecule has 0 saturated carbocycles. The van der Waals surface area contributed by atoms with Gasteiger partial charge in [-0.25, -0.2) is 9.18 Å². The molecule has 0 spiro atoms. The lowest BCUT2D eigenvalue weighted by atomic mass is 10.1. The van der Waals surface area contributed by atoms with Gasteiger partial charge in [0.15, 0.2) is 0 Å². The largest absolute Gasteiger partial charge is 0.478 e. The summed E-state index contributed by atoms with van der Waals surface area (Å²) in [5.74, 6) is -2.17. The molecule has 10 heteroatoms. The van der Waals surface area contributed by atoms with Crippen molar-refractivity contribution in [1.82, 2.24) is 9.78 Å². The molecule has 136 valence electrons. The SMILES string of the molecule is O=C(O)c1cc(F)c2c(I)nn(Cc3c(Cl)cccc3C(F)(F)F)c2c1. The average molecular weight is 499 g/mol. The van der Waals surface area contributed by atoms with E-state index in [-0.39, 0.29) is 30.8 Å². The van der Waals surface area contributed by atoms with E-state index in [9.17, 15) is 22.4 Å². The molecule has 4 nitrogen and oxygen atoms in total. The highest BCUT2D eigenvalue weighted by atomic mass is 127. The van der Waals surface area contributed by atoms with Crippen molar-refractivity contribution in [1.29, 1.82) is 0 Å². The third-order valence-corrected chi connectivity index (χ3v) is 4.85. The van der Waals surface area contributed by atoms with E-state index in [1.165, 1.54) is 18.2 Å². The van der Waals surface area contributed by atoms with E-state index in [4.69, 9.17) is 16.7 Å². The predicted molar refractivity (Wildman–Crippen MR) is 94.9 cm³/mol. The van der Waals surface area contributed by atoms with E-state index in [2.05, 4.69) is 5.10 Å². The highest BCUT2D eigenvalue weighted by molar-refractivity contribution is 14.1. The Kier molecular flexibility index (Phi) is 4.86. The molecule has 0 unspecified atom stereocenters. The summed E-state index contributed by atoms with van der Waals surface area (Å²) in [6.45, 7) is -0.392. The molecule has 0 aliphatic carbocycles. The Morgan fingerprint density at radius 1 is 1.31 bits per heavy atom. The predicted octanol–water partition coefficient (Wildman–Crippen LogP) is 5.20. The van der Waals surface area contributed by atoms with Crippen LogP contribution in [0.2, 0.25) is 5.02 Å². The van der Waals surface area contributed by atoms with E-state index < -0.39 is 30.1 Å². The molecule has 0 aliphatic rings. The summed E-state index contributed by atoms with van der Waals surface area (Å²) in [5, 5.41) is 13.1. The summed E-state index contributed by atoms with van der Waals surface area (Å²) in [6, 6.07) is 5.39. The molecule has 0 saturated heterocycles. The summed E-state index contributed by atoms with van der Waals surface area (Å²) < 4.78 is 55.3. The minimum atomic E-state index is -4.63. The number of carboxylic acids is 1. The van der Waals surface area contributed by atoms with Gasteiger partial charge in [0.2, 0.25) is 0 Å². The van der Waals surface area contributed by atoms with E-state index in [1.807, 2.05) is 0 Å². The topological polar surface area (TPSA) is 55.1 Å². The van der Waals surface area contributed by atoms with Crippen LogP contribution in [0.15, 0.2) is 30.3 Å². The number of rotatable bonds is 3. The molecular weight excluding hydrogens is 491 g/mol. The van der Waals surface area contributed by atoms with E-state index in [1.54, 1.807) is 22.6 Å². The third-order valence-electron chi connectivity index (χ3n) is 3.74. The maximum atomic E-state index is 14.2. The fourth-order valence-corrected chi connectivity index (χ4v) is 3.62. The van der Waals surface area contributed by atoms with Crippen molar-refractivity contribution >= 4 is 51.1 Å². The Morgan fingerprint density at radius 3 is 2.62 bits per heavy atom. The Balaban J connectivity index is 2.21. The van der Waals surface area contributed by atoms with Gasteiger partial charge in [-0.1, -0.05) is 17.7 Å². The molecule has 0 atom stereocenters. The summed E-state index contributed by atoms with van der Waals surface area (Å²) in [4.78, 5) is 11.1. The molecule has 1 N–H and O–H groups in total. The van der Waals surface area contributed by atoms with Crippen LogP contribution in [0.5, 0.6) is 0 Å². The van der Waals surface area contributed by atoms with Crippen LogP contribution in [-0.4, -0.2) is 20.9 Å². The highest BCUT2D eigenvalue weighted by Crippen LogP contribution is 2.36. The van der Waals surface area contributed by atoms with Crippen molar-refractivity contribution < 1.29 is 27.5 Å². The lowest BCUT2D eigenvalue weighted by molar-refractivity contribution is -0.138. The average Bonchev–Trinajstić information content (AvgIpc) is 2.84. The monoisotopic (exact) mass is 498 g/mol. The Hall–Kier alpha value is -1.88. The van der Waals surface area contributed by atoms with Gasteiger partial charge < -0.3 is 5.11 Å². The minimum Gasteiger partial charge on any atom is -0.478 e. The first-order valence-electron chi connectivity index (χ1n) is 7.03. The van der Waals surface area contributed by atoms with Crippen LogP contribution >= 0.6 is 34.2 Å². The number of hydrogen-bond acceptors (Lipinski definition) is 2. The smallest absolute Gasteiger partial charge is 0.416 e. The van der Waals surface area contributed by atoms with Crippen LogP contribution in [0.25, 0.3) is 10.9 Å². The molecule has 1 heterocycles. The van der Waals surface area contributed by atoms with Crippen molar-refractivity contribution in [2.45, 2.75) is 12.7 Å². The lowest BCUT2D eigenvalue weighted by Gasteiger charge is -2.15. The van der Waals surface area contributed by atoms with Gasteiger partial charge >= 0.3 is 12.1 Å². The number of aromatic carboxylic acids is 1. The molecule has 3 aromatic rings. The summed E-state index contributed by atoms with van der Waals surface area (Å²) in [5.41, 5.74) is -1.43. The molecule has 0 radical (unpaired) electrons. The number of halogens is 6. The number of alkyl halides is 3. The van der Waals surface area contributed by atoms with Gasteiger partial charge in [-0.2, -0.15) is 18.3 Å². The Morgan fingerprint density at radius 2 is 2.00 bits per heavy atom. The van der Waals surface area contributed by atoms with Gasteiger partial charge in [-0.3, -0.25) is 4.68 Å². The number of nitrogens with zero attached hydrogens (tertiary/aromatic N) is 2. The van der Waals surface area contributed by atoms with Crippen LogP contribution in [-0.2, 0) is 12.7 Å². The second kappa shape index (κ2) is 6.69. The van der Waals surface area contributed by atoms with Crippen molar-refractivity contribution in [3.63, 3.8) is 0 Å². The first-order valence-corrected chi connectivity index (χ1v) is 8.48. The molecule has 2 aromatic carbocycles. The highest BCUT2D eigenvalue weighted by Gasteiger charge is 2.34. The molecule has 0 amide bonds. The van der Waals surface area contributed by atoms with Crippen molar-refractivity contribution in [2.75, 3.05) is 0 Å². The standard InChI is InChI=1S/C16H8ClF4IN2O2/c17-10-3-1-2-9(16(19,20)21)8(10)6-24-12-5-7(15(25)26)4-11(18)13(12)14(22)23-24/h1-5H,6H2,(H,25,26). The molecule has 0 aliphatic heterocycles. The lowest BCUT2D eigenvalue weighted by Crippen LogP contribution is -2.13. The third kappa shape index (κ3) is 3.37. The molecule has 0 fully saturated rings.